The molecule has 2 N–H and O–H groups in total. The summed E-state index contributed by atoms with van der Waals surface area (Å²) in [6.45, 7) is 4.08. The van der Waals surface area contributed by atoms with Crippen molar-refractivity contribution < 1.29 is 9.13 Å². The highest BCUT2D eigenvalue weighted by molar-refractivity contribution is 5.70. The van der Waals surface area contributed by atoms with Gasteiger partial charge in [0, 0.05) is 25.2 Å². The lowest BCUT2D eigenvalue weighted by Gasteiger charge is -2.27. The van der Waals surface area contributed by atoms with Crippen molar-refractivity contribution in [3.8, 4) is 11.8 Å². The number of nitrogen functional groups attached to an aromatic ring is 1. The van der Waals surface area contributed by atoms with Crippen molar-refractivity contribution in [3.63, 3.8) is 0 Å². The topological polar surface area (TPSA) is 62.3 Å². The molecule has 0 aliphatic heterocycles. The quantitative estimate of drug-likeness (QED) is 0.817. The van der Waals surface area contributed by atoms with Gasteiger partial charge in [0.1, 0.15) is 0 Å². The highest BCUT2D eigenvalue weighted by atomic mass is 19.1. The normalized spacial score (nSPS) is 11.7. The van der Waals surface area contributed by atoms with Crippen LogP contribution in [0.25, 0.3) is 0 Å². The molecule has 0 fully saturated rings. The van der Waals surface area contributed by atoms with Crippen LogP contribution in [-0.2, 0) is 0 Å². The largest absolute Gasteiger partial charge is 0.491 e. The number of hydrogen-bond donors (Lipinski definition) is 1. The van der Waals surface area contributed by atoms with Crippen molar-refractivity contribution in [2.45, 2.75) is 26.3 Å². The summed E-state index contributed by atoms with van der Waals surface area (Å²) in [5, 5.41) is 8.69. The molecule has 4 nitrogen and oxygen atoms in total. The summed E-state index contributed by atoms with van der Waals surface area (Å²) in [5.74, 6) is -0.294. The van der Waals surface area contributed by atoms with Gasteiger partial charge < -0.3 is 15.4 Å². The Hall–Kier alpha value is -1.96. The summed E-state index contributed by atoms with van der Waals surface area (Å²) in [5.41, 5.74) is 6.81. The smallest absolute Gasteiger partial charge is 0.167 e. The van der Waals surface area contributed by atoms with E-state index in [1.807, 2.05) is 18.9 Å². The predicted molar refractivity (Wildman–Crippen MR) is 70.1 cm³/mol. The van der Waals surface area contributed by atoms with Crippen molar-refractivity contribution in [1.29, 1.82) is 5.26 Å². The minimum atomic E-state index is -0.473. The highest BCUT2D eigenvalue weighted by Crippen LogP contribution is 2.31. The summed E-state index contributed by atoms with van der Waals surface area (Å²) in [7, 11) is 1.82. The van der Waals surface area contributed by atoms with Gasteiger partial charge >= 0.3 is 0 Å². The van der Waals surface area contributed by atoms with Crippen LogP contribution in [0, 0.1) is 17.1 Å². The van der Waals surface area contributed by atoms with E-state index in [4.69, 9.17) is 15.7 Å². The van der Waals surface area contributed by atoms with Gasteiger partial charge in [0.15, 0.2) is 11.6 Å². The van der Waals surface area contributed by atoms with Gasteiger partial charge in [-0.05, 0) is 13.8 Å². The second kappa shape index (κ2) is 6.10. The van der Waals surface area contributed by atoms with E-state index in [0.717, 1.165) is 0 Å². The Balaban J connectivity index is 3.08. The zero-order valence-corrected chi connectivity index (χ0v) is 10.9. The van der Waals surface area contributed by atoms with E-state index in [-0.39, 0.29) is 11.8 Å². The first-order chi connectivity index (χ1) is 8.51. The maximum Gasteiger partial charge on any atom is 0.167 e. The lowest BCUT2D eigenvalue weighted by molar-refractivity contribution is 0.321. The lowest BCUT2D eigenvalue weighted by atomic mass is 10.1. The second-order valence-electron chi connectivity index (χ2n) is 4.10. The first-order valence-electron chi connectivity index (χ1n) is 5.82. The third-order valence-corrected chi connectivity index (χ3v) is 2.81. The summed E-state index contributed by atoms with van der Waals surface area (Å²) in [6.07, 6.45) is 0.372. The molecule has 1 rings (SSSR count). The fourth-order valence-corrected chi connectivity index (χ4v) is 1.64. The van der Waals surface area contributed by atoms with E-state index in [2.05, 4.69) is 6.07 Å². The third-order valence-electron chi connectivity index (χ3n) is 2.81. The molecular weight excluding hydrogens is 233 g/mol. The van der Waals surface area contributed by atoms with Gasteiger partial charge in [-0.3, -0.25) is 0 Å². The van der Waals surface area contributed by atoms with Gasteiger partial charge in [0.05, 0.1) is 30.5 Å². The van der Waals surface area contributed by atoms with E-state index in [0.29, 0.717) is 24.4 Å². The van der Waals surface area contributed by atoms with Crippen LogP contribution in [-0.4, -0.2) is 19.7 Å². The Labute approximate surface area is 107 Å². The van der Waals surface area contributed by atoms with Gasteiger partial charge in [-0.1, -0.05) is 0 Å². The number of nitrogens with two attached hydrogens (primary N) is 1. The molecular formula is C13H18FN3O. The summed E-state index contributed by atoms with van der Waals surface area (Å²) in [4.78, 5) is 1.85. The molecule has 0 heterocycles. The molecule has 0 aliphatic carbocycles. The molecule has 0 amide bonds. The minimum absolute atomic E-state index is 0.00256. The number of benzene rings is 1. The van der Waals surface area contributed by atoms with Crippen LogP contribution in [0.1, 0.15) is 20.3 Å². The molecule has 0 radical (unpaired) electrons. The molecule has 1 atom stereocenters. The van der Waals surface area contributed by atoms with Crippen molar-refractivity contribution in [3.05, 3.63) is 17.9 Å². The second-order valence-corrected chi connectivity index (χ2v) is 4.10. The Morgan fingerprint density at radius 1 is 1.56 bits per heavy atom. The fourth-order valence-electron chi connectivity index (χ4n) is 1.64. The lowest BCUT2D eigenvalue weighted by Crippen LogP contribution is -2.29. The average Bonchev–Trinajstić information content (AvgIpc) is 2.32. The molecule has 0 aromatic heterocycles. The molecule has 0 bridgehead atoms. The number of nitriles is 1. The van der Waals surface area contributed by atoms with E-state index >= 15 is 0 Å². The first-order valence-corrected chi connectivity index (χ1v) is 5.82. The molecule has 5 heteroatoms. The molecule has 18 heavy (non-hydrogen) atoms. The van der Waals surface area contributed by atoms with Crippen LogP contribution in [0.3, 0.4) is 0 Å². The molecule has 0 spiro atoms. The number of anilines is 2. The Kier molecular flexibility index (Phi) is 4.78. The number of hydrogen-bond acceptors (Lipinski definition) is 4. The number of ether oxygens (including phenoxy) is 1. The number of rotatable bonds is 5. The van der Waals surface area contributed by atoms with Crippen LogP contribution in [0.5, 0.6) is 5.75 Å². The SMILES string of the molecule is CCOc1cc(N(C)C(C)CC#N)c(N)cc1F. The van der Waals surface area contributed by atoms with Crippen LogP contribution < -0.4 is 15.4 Å². The number of halogens is 1. The minimum Gasteiger partial charge on any atom is -0.491 e. The molecule has 1 aromatic carbocycles. The standard InChI is InChI=1S/C13H18FN3O/c1-4-18-13-8-12(11(16)7-10(13)14)17(3)9(2)5-6-15/h7-9H,4-5,16H2,1-3H3. The molecule has 1 unspecified atom stereocenters. The summed E-state index contributed by atoms with van der Waals surface area (Å²) in [6, 6.07) is 4.92. The van der Waals surface area contributed by atoms with Gasteiger partial charge in [0.25, 0.3) is 0 Å². The summed E-state index contributed by atoms with van der Waals surface area (Å²) >= 11 is 0. The Bertz CT molecular complexity index is 456. The van der Waals surface area contributed by atoms with Crippen LogP contribution in [0.2, 0.25) is 0 Å². The Morgan fingerprint density at radius 2 is 2.22 bits per heavy atom. The van der Waals surface area contributed by atoms with E-state index in [1.54, 1.807) is 13.0 Å². The summed E-state index contributed by atoms with van der Waals surface area (Å²) < 4.78 is 18.8. The molecule has 0 aliphatic rings. The van der Waals surface area contributed by atoms with Gasteiger partial charge in [-0.2, -0.15) is 5.26 Å². The zero-order chi connectivity index (χ0) is 13.7. The highest BCUT2D eigenvalue weighted by Gasteiger charge is 2.16. The zero-order valence-electron chi connectivity index (χ0n) is 10.9. The average molecular weight is 251 g/mol. The monoisotopic (exact) mass is 251 g/mol. The Morgan fingerprint density at radius 3 is 2.78 bits per heavy atom. The number of nitrogens with zero attached hydrogens (tertiary/aromatic N) is 2. The molecule has 0 saturated carbocycles. The van der Waals surface area contributed by atoms with Gasteiger partial charge in [-0.25, -0.2) is 4.39 Å². The molecule has 98 valence electrons. The predicted octanol–water partition coefficient (Wildman–Crippen LogP) is 2.54. The van der Waals surface area contributed by atoms with Crippen LogP contribution in [0.15, 0.2) is 12.1 Å². The maximum atomic E-state index is 13.6. The van der Waals surface area contributed by atoms with Crippen molar-refractivity contribution in [2.24, 2.45) is 0 Å². The fraction of sp³-hybridized carbons (Fsp3) is 0.462. The van der Waals surface area contributed by atoms with Crippen molar-refractivity contribution in [2.75, 3.05) is 24.3 Å². The third kappa shape index (κ3) is 3.04. The first kappa shape index (κ1) is 14.1. The van der Waals surface area contributed by atoms with Gasteiger partial charge in [0.2, 0.25) is 0 Å². The van der Waals surface area contributed by atoms with Crippen LogP contribution in [0.4, 0.5) is 15.8 Å². The molecule has 0 saturated heterocycles. The van der Waals surface area contributed by atoms with E-state index in [9.17, 15) is 4.39 Å². The van der Waals surface area contributed by atoms with Gasteiger partial charge in [-0.15, -0.1) is 0 Å². The van der Waals surface area contributed by atoms with Crippen molar-refractivity contribution in [1.82, 2.24) is 0 Å². The van der Waals surface area contributed by atoms with E-state index in [1.165, 1.54) is 6.07 Å². The van der Waals surface area contributed by atoms with E-state index < -0.39 is 5.82 Å². The van der Waals surface area contributed by atoms with Crippen molar-refractivity contribution >= 4 is 11.4 Å². The maximum absolute atomic E-state index is 13.6. The van der Waals surface area contributed by atoms with Crippen LogP contribution >= 0.6 is 0 Å². The molecule has 1 aromatic rings.